The number of esters is 2. The predicted octanol–water partition coefficient (Wildman–Crippen LogP) is -0.168. The minimum atomic E-state index is -0.921. The summed E-state index contributed by atoms with van der Waals surface area (Å²) in [4.78, 5) is 36.9. The minimum Gasteiger partial charge on any atom is -0.463 e. The van der Waals surface area contributed by atoms with Crippen LogP contribution in [0, 0.1) is 10.1 Å². The fraction of sp³-hybridized carbons (Fsp3) is 0.857. The molecule has 0 amide bonds. The van der Waals surface area contributed by atoms with Gasteiger partial charge < -0.3 is 29.5 Å². The number of rotatable bonds is 16. The summed E-state index contributed by atoms with van der Waals surface area (Å²) in [6, 6.07) is -0.908. The van der Waals surface area contributed by atoms with Crippen LogP contribution in [0.1, 0.15) is 26.2 Å². The first-order valence-corrected chi connectivity index (χ1v) is 7.98. The molecule has 0 aromatic heterocycles. The molecule has 0 aliphatic rings. The molecule has 2 N–H and O–H groups in total. The summed E-state index contributed by atoms with van der Waals surface area (Å²) in [5, 5.41) is 8.94. The van der Waals surface area contributed by atoms with Crippen LogP contribution in [0.5, 0.6) is 0 Å². The van der Waals surface area contributed by atoms with Gasteiger partial charge in [-0.3, -0.25) is 9.59 Å². The van der Waals surface area contributed by atoms with E-state index in [-0.39, 0.29) is 45.9 Å². The van der Waals surface area contributed by atoms with Crippen molar-refractivity contribution in [2.45, 2.75) is 32.2 Å². The van der Waals surface area contributed by atoms with Gasteiger partial charge in [0.05, 0.1) is 19.8 Å². The van der Waals surface area contributed by atoms with E-state index in [0.29, 0.717) is 13.2 Å². The van der Waals surface area contributed by atoms with Gasteiger partial charge in [0.25, 0.3) is 5.09 Å². The molecule has 11 heteroatoms. The van der Waals surface area contributed by atoms with Crippen LogP contribution in [0.2, 0.25) is 0 Å². The molecule has 0 heterocycles. The Morgan fingerprint density at radius 2 is 1.60 bits per heavy atom. The molecule has 0 aliphatic carbocycles. The SMILES string of the molecule is CCCOCCOC(=O)C(N)CCC(=O)OCCOCCO[N+](=O)[O-]. The van der Waals surface area contributed by atoms with Gasteiger partial charge in [0.1, 0.15) is 25.9 Å². The quantitative estimate of drug-likeness (QED) is 0.169. The summed E-state index contributed by atoms with van der Waals surface area (Å²) in [5.74, 6) is -1.12. The Morgan fingerprint density at radius 1 is 1.00 bits per heavy atom. The van der Waals surface area contributed by atoms with E-state index in [1.807, 2.05) is 6.92 Å². The normalized spacial score (nSPS) is 11.6. The molecule has 0 radical (unpaired) electrons. The zero-order valence-electron chi connectivity index (χ0n) is 14.3. The van der Waals surface area contributed by atoms with Crippen molar-refractivity contribution in [1.82, 2.24) is 0 Å². The van der Waals surface area contributed by atoms with Gasteiger partial charge >= 0.3 is 11.9 Å². The van der Waals surface area contributed by atoms with Crippen molar-refractivity contribution in [3.8, 4) is 0 Å². The monoisotopic (exact) mass is 366 g/mol. The van der Waals surface area contributed by atoms with Crippen LogP contribution in [-0.2, 0) is 33.4 Å². The Hall–Kier alpha value is -1.98. The summed E-state index contributed by atoms with van der Waals surface area (Å²) >= 11 is 0. The molecule has 0 spiro atoms. The van der Waals surface area contributed by atoms with E-state index in [2.05, 4.69) is 4.84 Å². The fourth-order valence-electron chi connectivity index (χ4n) is 1.51. The molecule has 0 saturated heterocycles. The first-order chi connectivity index (χ1) is 12.0. The fourth-order valence-corrected chi connectivity index (χ4v) is 1.51. The standard InChI is InChI=1S/C14H26N2O9/c1-2-5-21-7-10-24-14(18)12(15)3-4-13(17)23-9-6-22-8-11-25-16(19)20/h12H,2-11,15H2,1H3. The Labute approximate surface area is 145 Å². The Morgan fingerprint density at radius 3 is 2.24 bits per heavy atom. The highest BCUT2D eigenvalue weighted by molar-refractivity contribution is 5.77. The van der Waals surface area contributed by atoms with Crippen molar-refractivity contribution < 1.29 is 38.5 Å². The molecule has 0 saturated carbocycles. The average Bonchev–Trinajstić information content (AvgIpc) is 2.58. The zero-order chi connectivity index (χ0) is 18.9. The predicted molar refractivity (Wildman–Crippen MR) is 84.0 cm³/mol. The van der Waals surface area contributed by atoms with Crippen LogP contribution in [0.15, 0.2) is 0 Å². The lowest BCUT2D eigenvalue weighted by atomic mass is 10.2. The van der Waals surface area contributed by atoms with E-state index >= 15 is 0 Å². The van der Waals surface area contributed by atoms with Crippen molar-refractivity contribution in [3.05, 3.63) is 10.1 Å². The van der Waals surface area contributed by atoms with Gasteiger partial charge in [-0.15, -0.1) is 10.1 Å². The molecule has 25 heavy (non-hydrogen) atoms. The highest BCUT2D eigenvalue weighted by atomic mass is 17.0. The van der Waals surface area contributed by atoms with Crippen molar-refractivity contribution in [2.24, 2.45) is 5.73 Å². The van der Waals surface area contributed by atoms with Gasteiger partial charge in [-0.2, -0.15) is 0 Å². The Kier molecular flexibility index (Phi) is 14.3. The molecule has 0 rings (SSSR count). The number of carbonyl (C=O) groups is 2. The van der Waals surface area contributed by atoms with Crippen LogP contribution in [0.25, 0.3) is 0 Å². The van der Waals surface area contributed by atoms with Crippen LogP contribution in [0.3, 0.4) is 0 Å². The number of nitrogens with two attached hydrogens (primary N) is 1. The summed E-state index contributed by atoms with van der Waals surface area (Å²) in [6.07, 6.45) is 0.950. The highest BCUT2D eigenvalue weighted by Crippen LogP contribution is 2.00. The van der Waals surface area contributed by atoms with Crippen molar-refractivity contribution >= 4 is 11.9 Å². The van der Waals surface area contributed by atoms with Gasteiger partial charge in [-0.25, -0.2) is 0 Å². The third-order valence-electron chi connectivity index (χ3n) is 2.70. The summed E-state index contributed by atoms with van der Waals surface area (Å²) < 4.78 is 19.9. The van der Waals surface area contributed by atoms with Gasteiger partial charge in [-0.05, 0) is 12.8 Å². The molecular formula is C14H26N2O9. The Balaban J connectivity index is 3.56. The largest absolute Gasteiger partial charge is 0.463 e. The van der Waals surface area contributed by atoms with Crippen LogP contribution >= 0.6 is 0 Å². The first kappa shape index (κ1) is 23.0. The summed E-state index contributed by atoms with van der Waals surface area (Å²) in [5.41, 5.74) is 5.62. The molecule has 0 aromatic carbocycles. The van der Waals surface area contributed by atoms with Crippen LogP contribution in [0.4, 0.5) is 0 Å². The number of carbonyl (C=O) groups excluding carboxylic acids is 2. The first-order valence-electron chi connectivity index (χ1n) is 7.98. The van der Waals surface area contributed by atoms with Gasteiger partial charge in [-0.1, -0.05) is 6.92 Å². The number of hydrogen-bond donors (Lipinski definition) is 1. The molecule has 0 fully saturated rings. The van der Waals surface area contributed by atoms with Gasteiger partial charge in [0.15, 0.2) is 0 Å². The minimum absolute atomic E-state index is 0.00818. The highest BCUT2D eigenvalue weighted by Gasteiger charge is 2.17. The molecule has 11 nitrogen and oxygen atoms in total. The molecule has 1 unspecified atom stereocenters. The second-order valence-electron chi connectivity index (χ2n) is 4.81. The van der Waals surface area contributed by atoms with E-state index in [4.69, 9.17) is 24.7 Å². The van der Waals surface area contributed by atoms with E-state index < -0.39 is 23.1 Å². The van der Waals surface area contributed by atoms with E-state index in [1.54, 1.807) is 0 Å². The number of ether oxygens (including phenoxy) is 4. The smallest absolute Gasteiger partial charge is 0.323 e. The second-order valence-corrected chi connectivity index (χ2v) is 4.81. The second kappa shape index (κ2) is 15.5. The topological polar surface area (TPSA) is 149 Å². The van der Waals surface area contributed by atoms with E-state index in [0.717, 1.165) is 6.42 Å². The van der Waals surface area contributed by atoms with Gasteiger partial charge in [0, 0.05) is 13.0 Å². The van der Waals surface area contributed by atoms with Crippen molar-refractivity contribution in [3.63, 3.8) is 0 Å². The average molecular weight is 366 g/mol. The third-order valence-corrected chi connectivity index (χ3v) is 2.70. The lowest BCUT2D eigenvalue weighted by Gasteiger charge is -2.11. The van der Waals surface area contributed by atoms with Crippen LogP contribution < -0.4 is 5.73 Å². The lowest BCUT2D eigenvalue weighted by Crippen LogP contribution is -2.33. The van der Waals surface area contributed by atoms with Crippen molar-refractivity contribution in [2.75, 3.05) is 46.2 Å². The summed E-state index contributed by atoms with van der Waals surface area (Å²) in [7, 11) is 0. The lowest BCUT2D eigenvalue weighted by molar-refractivity contribution is -0.758. The van der Waals surface area contributed by atoms with E-state index in [1.165, 1.54) is 0 Å². The Bertz CT molecular complexity index is 392. The maximum Gasteiger partial charge on any atom is 0.323 e. The van der Waals surface area contributed by atoms with Crippen molar-refractivity contribution in [1.29, 1.82) is 0 Å². The van der Waals surface area contributed by atoms with Crippen LogP contribution in [-0.4, -0.2) is 69.3 Å². The van der Waals surface area contributed by atoms with E-state index in [9.17, 15) is 19.7 Å². The molecule has 0 aliphatic heterocycles. The zero-order valence-corrected chi connectivity index (χ0v) is 14.3. The summed E-state index contributed by atoms with van der Waals surface area (Å²) in [6.45, 7) is 2.89. The molecule has 146 valence electrons. The third kappa shape index (κ3) is 15.3. The molecule has 0 aromatic rings. The molecule has 0 bridgehead atoms. The number of hydrogen-bond acceptors (Lipinski definition) is 10. The van der Waals surface area contributed by atoms with Gasteiger partial charge in [0.2, 0.25) is 0 Å². The molecular weight excluding hydrogens is 340 g/mol. The maximum absolute atomic E-state index is 11.6. The molecule has 1 atom stereocenters. The maximum atomic E-state index is 11.6. The number of nitrogens with zero attached hydrogens (tertiary/aromatic N) is 1.